The third-order valence-corrected chi connectivity index (χ3v) is 10.2. The van der Waals surface area contributed by atoms with Crippen molar-refractivity contribution in [3.63, 3.8) is 0 Å². The van der Waals surface area contributed by atoms with Crippen molar-refractivity contribution < 1.29 is 4.79 Å². The monoisotopic (exact) mass is 368 g/mol. The van der Waals surface area contributed by atoms with Gasteiger partial charge in [-0.15, -0.1) is 0 Å². The number of likely N-dealkylation sites (tertiary alicyclic amines) is 1. The summed E-state index contributed by atoms with van der Waals surface area (Å²) in [5.41, 5.74) is 1.95. The lowest BCUT2D eigenvalue weighted by atomic mass is 9.41. The molecule has 1 amide bonds. The first-order valence-corrected chi connectivity index (χ1v) is 11.2. The van der Waals surface area contributed by atoms with E-state index in [0.29, 0.717) is 35.1 Å². The van der Waals surface area contributed by atoms with E-state index < -0.39 is 0 Å². The molecule has 3 heteroatoms. The minimum atomic E-state index is -0.162. The number of fused-ring (bicyclic) bond motifs is 4. The van der Waals surface area contributed by atoms with Gasteiger partial charge in [0.15, 0.2) is 0 Å². The first-order valence-electron chi connectivity index (χ1n) is 11.2. The Bertz CT molecular complexity index is 686. The van der Waals surface area contributed by atoms with Gasteiger partial charge in [0.1, 0.15) is 0 Å². The molecule has 1 aliphatic heterocycles. The highest BCUT2D eigenvalue weighted by molar-refractivity contribution is 5.85. The largest absolute Gasteiger partial charge is 0.359 e. The normalized spacial score (nSPS) is 51.6. The van der Waals surface area contributed by atoms with E-state index in [0.717, 1.165) is 32.2 Å². The molecule has 0 aromatic carbocycles. The summed E-state index contributed by atoms with van der Waals surface area (Å²) in [5, 5.41) is 3.16. The van der Waals surface area contributed by atoms with Crippen molar-refractivity contribution >= 4 is 5.91 Å². The molecule has 5 rings (SSSR count). The fourth-order valence-corrected chi connectivity index (χ4v) is 8.89. The third kappa shape index (κ3) is 2.00. The van der Waals surface area contributed by atoms with E-state index in [1.807, 2.05) is 7.05 Å². The zero-order valence-electron chi connectivity index (χ0n) is 17.6. The molecule has 0 bridgehead atoms. The first kappa shape index (κ1) is 18.2. The Kier molecular flexibility index (Phi) is 3.94. The average molecular weight is 369 g/mol. The van der Waals surface area contributed by atoms with Crippen LogP contribution < -0.4 is 5.32 Å². The Hall–Kier alpha value is -0.830. The summed E-state index contributed by atoms with van der Waals surface area (Å²) >= 11 is 0. The van der Waals surface area contributed by atoms with Gasteiger partial charge in [0, 0.05) is 25.0 Å². The van der Waals surface area contributed by atoms with Gasteiger partial charge in [0.05, 0.1) is 5.41 Å². The second kappa shape index (κ2) is 5.84. The van der Waals surface area contributed by atoms with Gasteiger partial charge in [-0.2, -0.15) is 0 Å². The summed E-state index contributed by atoms with van der Waals surface area (Å²) in [6.07, 6.45) is 15.5. The molecule has 1 spiro atoms. The van der Waals surface area contributed by atoms with Crippen molar-refractivity contribution in [1.29, 1.82) is 0 Å². The molecule has 1 N–H and O–H groups in total. The molecule has 3 saturated carbocycles. The highest BCUT2D eigenvalue weighted by Gasteiger charge is 2.73. The van der Waals surface area contributed by atoms with E-state index in [1.165, 1.54) is 25.7 Å². The molecular formula is C24H36N2O. The summed E-state index contributed by atoms with van der Waals surface area (Å²) in [6.45, 7) is 6.03. The van der Waals surface area contributed by atoms with Gasteiger partial charge in [-0.25, -0.2) is 0 Å². The third-order valence-electron chi connectivity index (χ3n) is 10.2. The molecule has 5 aliphatic rings. The highest BCUT2D eigenvalue weighted by atomic mass is 16.2. The van der Waals surface area contributed by atoms with Gasteiger partial charge in [-0.1, -0.05) is 18.6 Å². The van der Waals surface area contributed by atoms with Gasteiger partial charge in [0.2, 0.25) is 5.91 Å². The molecule has 3 nitrogen and oxygen atoms in total. The zero-order chi connectivity index (χ0) is 19.0. The highest BCUT2D eigenvalue weighted by Crippen LogP contribution is 2.74. The van der Waals surface area contributed by atoms with Gasteiger partial charge in [-0.05, 0) is 94.9 Å². The molecule has 27 heavy (non-hydrogen) atoms. The molecule has 0 aromatic heterocycles. The predicted molar refractivity (Wildman–Crippen MR) is 108 cm³/mol. The summed E-state index contributed by atoms with van der Waals surface area (Å²) in [7, 11) is 4.16. The number of rotatable bonds is 1. The molecule has 2 radical (unpaired) electrons. The number of nitrogens with one attached hydrogen (secondary N) is 1. The smallest absolute Gasteiger partial charge is 0.226 e. The van der Waals surface area contributed by atoms with Crippen LogP contribution in [0.1, 0.15) is 65.2 Å². The second-order valence-corrected chi connectivity index (χ2v) is 10.6. The molecule has 4 fully saturated rings. The lowest BCUT2D eigenvalue weighted by molar-refractivity contribution is -0.160. The maximum Gasteiger partial charge on any atom is 0.226 e. The van der Waals surface area contributed by atoms with E-state index >= 15 is 0 Å². The fraction of sp³-hybridized carbons (Fsp3) is 0.833. The summed E-state index contributed by atoms with van der Waals surface area (Å²) in [6, 6.07) is 0.609. The molecule has 4 aliphatic carbocycles. The van der Waals surface area contributed by atoms with Crippen LogP contribution in [0.4, 0.5) is 0 Å². The van der Waals surface area contributed by atoms with E-state index in [4.69, 9.17) is 0 Å². The number of nitrogens with zero attached hydrogens (tertiary/aromatic N) is 1. The number of allylic oxidation sites excluding steroid dienone is 2. The maximum absolute atomic E-state index is 13.7. The Labute approximate surface area is 165 Å². The van der Waals surface area contributed by atoms with Crippen LogP contribution in [0.3, 0.4) is 0 Å². The van der Waals surface area contributed by atoms with Crippen molar-refractivity contribution in [2.75, 3.05) is 20.6 Å². The van der Waals surface area contributed by atoms with E-state index in [2.05, 4.69) is 43.6 Å². The van der Waals surface area contributed by atoms with Crippen molar-refractivity contribution in [3.05, 3.63) is 18.1 Å². The number of carbonyl (C=O) groups excluding carboxylic acids is 1. The lowest BCUT2D eigenvalue weighted by Crippen LogP contribution is -2.62. The Morgan fingerprint density at radius 3 is 2.78 bits per heavy atom. The fourth-order valence-electron chi connectivity index (χ4n) is 8.89. The number of carbonyl (C=O) groups is 1. The lowest BCUT2D eigenvalue weighted by Gasteiger charge is -2.62. The first-order chi connectivity index (χ1) is 12.9. The molecule has 148 valence electrons. The minimum Gasteiger partial charge on any atom is -0.359 e. The Morgan fingerprint density at radius 1 is 1.22 bits per heavy atom. The topological polar surface area (TPSA) is 32.3 Å². The van der Waals surface area contributed by atoms with Gasteiger partial charge >= 0.3 is 0 Å². The van der Waals surface area contributed by atoms with E-state index in [9.17, 15) is 4.79 Å². The molecule has 1 saturated heterocycles. The summed E-state index contributed by atoms with van der Waals surface area (Å²) < 4.78 is 0. The number of hydrogen-bond acceptors (Lipinski definition) is 2. The second-order valence-electron chi connectivity index (χ2n) is 10.6. The van der Waals surface area contributed by atoms with Crippen LogP contribution in [0, 0.1) is 40.4 Å². The van der Waals surface area contributed by atoms with Crippen molar-refractivity contribution in [1.82, 2.24) is 10.2 Å². The maximum atomic E-state index is 13.7. The quantitative estimate of drug-likeness (QED) is 0.708. The van der Waals surface area contributed by atoms with E-state index in [-0.39, 0.29) is 10.8 Å². The van der Waals surface area contributed by atoms with Crippen LogP contribution >= 0.6 is 0 Å². The molecule has 0 aromatic rings. The van der Waals surface area contributed by atoms with Crippen LogP contribution in [0.25, 0.3) is 0 Å². The van der Waals surface area contributed by atoms with Crippen LogP contribution in [0.5, 0.6) is 0 Å². The molecular weight excluding hydrogens is 332 g/mol. The number of amides is 1. The van der Waals surface area contributed by atoms with Gasteiger partial charge in [0.25, 0.3) is 0 Å². The van der Waals surface area contributed by atoms with E-state index in [1.54, 1.807) is 5.57 Å². The van der Waals surface area contributed by atoms with Crippen LogP contribution in [-0.2, 0) is 4.79 Å². The predicted octanol–water partition coefficient (Wildman–Crippen LogP) is 4.08. The van der Waals surface area contributed by atoms with Crippen molar-refractivity contribution in [3.8, 4) is 0 Å². The van der Waals surface area contributed by atoms with Crippen LogP contribution in [0.2, 0.25) is 0 Å². The Balaban J connectivity index is 1.64. The standard InChI is InChI=1S/C24H36N2O/c1-16-18-11-14-24(21(27)25-3)20-9-8-17-7-5-6-12-22(17,2)19(20)10-13-23(18,24)15-26(16)4/h8,16,18-20H,6-7,9-15H2,1-4H3,(H,25,27). The molecule has 7 atom stereocenters. The summed E-state index contributed by atoms with van der Waals surface area (Å²) in [5.74, 6) is 2.23. The summed E-state index contributed by atoms with van der Waals surface area (Å²) in [4.78, 5) is 16.2. The molecule has 1 heterocycles. The Morgan fingerprint density at radius 2 is 2.00 bits per heavy atom. The van der Waals surface area contributed by atoms with Crippen molar-refractivity contribution in [2.24, 2.45) is 34.0 Å². The van der Waals surface area contributed by atoms with Gasteiger partial charge < -0.3 is 10.2 Å². The average Bonchev–Trinajstić information content (AvgIpc) is 3.12. The van der Waals surface area contributed by atoms with Gasteiger partial charge in [-0.3, -0.25) is 4.79 Å². The van der Waals surface area contributed by atoms with Crippen molar-refractivity contribution in [2.45, 2.75) is 71.3 Å². The molecule has 7 unspecified atom stereocenters. The van der Waals surface area contributed by atoms with Crippen LogP contribution in [0.15, 0.2) is 11.6 Å². The SMILES string of the molecule is CNC(=O)C12CCC3C(C)N(C)CC31CCC1C2CC=C2C[C]CCC21C. The number of hydrogen-bond donors (Lipinski definition) is 1. The zero-order valence-corrected chi connectivity index (χ0v) is 17.6. The minimum absolute atomic E-state index is 0.162. The van der Waals surface area contributed by atoms with Crippen LogP contribution in [-0.4, -0.2) is 37.5 Å².